The van der Waals surface area contributed by atoms with Crippen molar-refractivity contribution in [2.24, 2.45) is 5.92 Å². The molecule has 1 rings (SSSR count). The lowest BCUT2D eigenvalue weighted by molar-refractivity contribution is 0.196. The van der Waals surface area contributed by atoms with Gasteiger partial charge in [0, 0.05) is 16.7 Å². The van der Waals surface area contributed by atoms with E-state index in [9.17, 15) is 5.11 Å². The third-order valence-corrected chi connectivity index (χ3v) is 4.25. The van der Waals surface area contributed by atoms with Crippen molar-refractivity contribution in [2.75, 3.05) is 6.54 Å². The molecule has 102 valence electrons. The highest BCUT2D eigenvalue weighted by Crippen LogP contribution is 2.28. The Balaban J connectivity index is 2.61. The van der Waals surface area contributed by atoms with Crippen molar-refractivity contribution in [3.63, 3.8) is 0 Å². The van der Waals surface area contributed by atoms with E-state index in [4.69, 9.17) is 0 Å². The van der Waals surface area contributed by atoms with Crippen molar-refractivity contribution in [2.45, 2.75) is 50.5 Å². The van der Waals surface area contributed by atoms with Gasteiger partial charge in [0.25, 0.3) is 0 Å². The molecule has 0 aliphatic carbocycles. The maximum absolute atomic E-state index is 9.59. The number of benzene rings is 1. The molecule has 3 heteroatoms. The zero-order chi connectivity index (χ0) is 13.5. The van der Waals surface area contributed by atoms with E-state index in [2.05, 4.69) is 50.4 Å². The van der Waals surface area contributed by atoms with Crippen LogP contribution in [0, 0.1) is 5.92 Å². The predicted octanol–water partition coefficient (Wildman–Crippen LogP) is 3.29. The highest BCUT2D eigenvalue weighted by molar-refractivity contribution is 8.00. The fourth-order valence-corrected chi connectivity index (χ4v) is 2.61. The molecular formula is C15H25NOS. The van der Waals surface area contributed by atoms with Crippen molar-refractivity contribution in [3.05, 3.63) is 29.8 Å². The second kappa shape index (κ2) is 7.82. The summed E-state index contributed by atoms with van der Waals surface area (Å²) >= 11 is 1.75. The lowest BCUT2D eigenvalue weighted by Crippen LogP contribution is -2.20. The Morgan fingerprint density at radius 2 is 1.83 bits per heavy atom. The zero-order valence-electron chi connectivity index (χ0n) is 11.8. The van der Waals surface area contributed by atoms with Gasteiger partial charge in [0.2, 0.25) is 0 Å². The summed E-state index contributed by atoms with van der Waals surface area (Å²) in [5.41, 5.74) is 1.32. The van der Waals surface area contributed by atoms with E-state index < -0.39 is 0 Å². The molecule has 2 nitrogen and oxygen atoms in total. The summed E-state index contributed by atoms with van der Waals surface area (Å²) in [6, 6.07) is 8.42. The van der Waals surface area contributed by atoms with Crippen molar-refractivity contribution in [1.82, 2.24) is 5.32 Å². The van der Waals surface area contributed by atoms with E-state index in [1.54, 1.807) is 11.8 Å². The first-order valence-electron chi connectivity index (χ1n) is 6.64. The molecule has 1 aromatic rings. The fourth-order valence-electron chi connectivity index (χ4n) is 1.56. The third kappa shape index (κ3) is 5.42. The van der Waals surface area contributed by atoms with Gasteiger partial charge in [-0.2, -0.15) is 0 Å². The highest BCUT2D eigenvalue weighted by Gasteiger charge is 2.12. The van der Waals surface area contributed by atoms with Gasteiger partial charge >= 0.3 is 0 Å². The molecule has 2 atom stereocenters. The molecule has 0 aromatic heterocycles. The molecule has 0 saturated heterocycles. The van der Waals surface area contributed by atoms with Crippen LogP contribution in [0.5, 0.6) is 0 Å². The predicted molar refractivity (Wildman–Crippen MR) is 80.0 cm³/mol. The monoisotopic (exact) mass is 267 g/mol. The number of aliphatic hydroxyl groups excluding tert-OH is 1. The van der Waals surface area contributed by atoms with Gasteiger partial charge in [-0.1, -0.05) is 39.0 Å². The summed E-state index contributed by atoms with van der Waals surface area (Å²) in [6.45, 7) is 10.3. The maximum Gasteiger partial charge on any atom is 0.0631 e. The first-order chi connectivity index (χ1) is 8.50. The summed E-state index contributed by atoms with van der Waals surface area (Å²) in [5.74, 6) is 0.668. The van der Waals surface area contributed by atoms with Crippen LogP contribution in [0.4, 0.5) is 0 Å². The van der Waals surface area contributed by atoms with Crippen molar-refractivity contribution < 1.29 is 5.11 Å². The first kappa shape index (κ1) is 15.5. The largest absolute Gasteiger partial charge is 0.392 e. The summed E-state index contributed by atoms with van der Waals surface area (Å²) < 4.78 is 0. The number of aliphatic hydroxyl groups is 1. The normalized spacial score (nSPS) is 14.8. The van der Waals surface area contributed by atoms with Crippen LogP contribution in [0.1, 0.15) is 33.3 Å². The van der Waals surface area contributed by atoms with Gasteiger partial charge in [0.05, 0.1) is 6.10 Å². The number of hydrogen-bond donors (Lipinski definition) is 2. The molecule has 2 unspecified atom stereocenters. The highest BCUT2D eigenvalue weighted by atomic mass is 32.2. The minimum atomic E-state index is -0.285. The fraction of sp³-hybridized carbons (Fsp3) is 0.600. The summed E-state index contributed by atoms with van der Waals surface area (Å²) in [5, 5.41) is 13.3. The van der Waals surface area contributed by atoms with Crippen molar-refractivity contribution in [3.8, 4) is 0 Å². The Kier molecular flexibility index (Phi) is 6.76. The molecule has 0 radical (unpaired) electrons. The molecule has 0 fully saturated rings. The molecule has 18 heavy (non-hydrogen) atoms. The smallest absolute Gasteiger partial charge is 0.0631 e. The molecule has 0 spiro atoms. The van der Waals surface area contributed by atoms with Crippen LogP contribution in [0.15, 0.2) is 29.2 Å². The number of rotatable bonds is 7. The average Bonchev–Trinajstić information content (AvgIpc) is 2.30. The third-order valence-electron chi connectivity index (χ3n) is 2.83. The molecule has 0 heterocycles. The molecular weight excluding hydrogens is 242 g/mol. The van der Waals surface area contributed by atoms with E-state index in [1.807, 2.05) is 6.92 Å². The maximum atomic E-state index is 9.59. The Labute approximate surface area is 115 Å². The van der Waals surface area contributed by atoms with E-state index in [0.29, 0.717) is 5.92 Å². The SMILES string of the molecule is CC(C)CNCc1ccccc1SC(C)C(C)O. The Hall–Kier alpha value is -0.510. The molecule has 0 saturated carbocycles. The van der Waals surface area contributed by atoms with Gasteiger partial charge in [-0.15, -0.1) is 11.8 Å². The molecule has 1 aromatic carbocycles. The summed E-state index contributed by atoms with van der Waals surface area (Å²) in [7, 11) is 0. The molecule has 2 N–H and O–H groups in total. The zero-order valence-corrected chi connectivity index (χ0v) is 12.6. The van der Waals surface area contributed by atoms with Gasteiger partial charge in [-0.25, -0.2) is 0 Å². The average molecular weight is 267 g/mol. The van der Waals surface area contributed by atoms with Crippen LogP contribution in [0.25, 0.3) is 0 Å². The van der Waals surface area contributed by atoms with Gasteiger partial charge in [-0.05, 0) is 31.0 Å². The van der Waals surface area contributed by atoms with E-state index in [0.717, 1.165) is 13.1 Å². The Bertz CT molecular complexity index is 352. The minimum absolute atomic E-state index is 0.219. The minimum Gasteiger partial charge on any atom is -0.392 e. The molecule has 0 aliphatic rings. The topological polar surface area (TPSA) is 32.3 Å². The van der Waals surface area contributed by atoms with Gasteiger partial charge in [0.15, 0.2) is 0 Å². The second-order valence-electron chi connectivity index (χ2n) is 5.20. The van der Waals surface area contributed by atoms with Gasteiger partial charge in [0.1, 0.15) is 0 Å². The molecule has 0 amide bonds. The lowest BCUT2D eigenvalue weighted by atomic mass is 10.2. The number of hydrogen-bond acceptors (Lipinski definition) is 3. The van der Waals surface area contributed by atoms with Crippen LogP contribution in [-0.4, -0.2) is 23.0 Å². The molecule has 0 aliphatic heterocycles. The Morgan fingerprint density at radius 1 is 1.17 bits per heavy atom. The summed E-state index contributed by atoms with van der Waals surface area (Å²) in [4.78, 5) is 1.27. The van der Waals surface area contributed by atoms with E-state index >= 15 is 0 Å². The van der Waals surface area contributed by atoms with Crippen molar-refractivity contribution in [1.29, 1.82) is 0 Å². The quantitative estimate of drug-likeness (QED) is 0.744. The first-order valence-corrected chi connectivity index (χ1v) is 7.52. The van der Waals surface area contributed by atoms with E-state index in [1.165, 1.54) is 10.5 Å². The summed E-state index contributed by atoms with van der Waals surface area (Å²) in [6.07, 6.45) is -0.285. The van der Waals surface area contributed by atoms with Crippen LogP contribution in [0.3, 0.4) is 0 Å². The number of nitrogens with one attached hydrogen (secondary N) is 1. The van der Waals surface area contributed by atoms with Crippen molar-refractivity contribution >= 4 is 11.8 Å². The van der Waals surface area contributed by atoms with Crippen LogP contribution < -0.4 is 5.32 Å². The number of thioether (sulfide) groups is 1. The Morgan fingerprint density at radius 3 is 2.44 bits per heavy atom. The second-order valence-corrected chi connectivity index (χ2v) is 6.62. The molecule has 0 bridgehead atoms. The van der Waals surface area contributed by atoms with Crippen LogP contribution in [0.2, 0.25) is 0 Å². The van der Waals surface area contributed by atoms with Crippen LogP contribution >= 0.6 is 11.8 Å². The van der Waals surface area contributed by atoms with Gasteiger partial charge in [-0.3, -0.25) is 0 Å². The van der Waals surface area contributed by atoms with Crippen LogP contribution in [-0.2, 0) is 6.54 Å². The van der Waals surface area contributed by atoms with E-state index in [-0.39, 0.29) is 11.4 Å². The van der Waals surface area contributed by atoms with Gasteiger partial charge < -0.3 is 10.4 Å². The lowest BCUT2D eigenvalue weighted by Gasteiger charge is -2.17. The standard InChI is InChI=1S/C15H25NOS/c1-11(2)9-16-10-14-7-5-6-8-15(14)18-13(4)12(3)17/h5-8,11-13,16-17H,9-10H2,1-4H3.